The molecule has 0 N–H and O–H groups in total. The zero-order valence-electron chi connectivity index (χ0n) is 10.7. The van der Waals surface area contributed by atoms with Gasteiger partial charge in [0.15, 0.2) is 0 Å². The summed E-state index contributed by atoms with van der Waals surface area (Å²) in [5, 5.41) is 0.811. The van der Waals surface area contributed by atoms with Crippen molar-refractivity contribution in [3.8, 4) is 0 Å². The van der Waals surface area contributed by atoms with Gasteiger partial charge in [-0.15, -0.1) is 0 Å². The molecule has 2 atom stereocenters. The van der Waals surface area contributed by atoms with Crippen molar-refractivity contribution < 1.29 is 13.2 Å². The van der Waals surface area contributed by atoms with Crippen LogP contribution in [0.5, 0.6) is 0 Å². The molecule has 2 unspecified atom stereocenters. The highest BCUT2D eigenvalue weighted by Gasteiger charge is 2.34. The molecule has 20 heavy (non-hydrogen) atoms. The molecule has 2 rings (SSSR count). The molecule has 1 aromatic carbocycles. The monoisotopic (exact) mass is 445 g/mol. The molecular formula is C12H14Br2ClNO3S. The SMILES string of the molecule is CC1CN(S(=O)(=O)c2ccc(Br)cc2Cl)CC(CBr)O1. The lowest BCUT2D eigenvalue weighted by atomic mass is 10.3. The van der Waals surface area contributed by atoms with Gasteiger partial charge in [-0.05, 0) is 25.1 Å². The Morgan fingerprint density at radius 3 is 2.75 bits per heavy atom. The zero-order valence-corrected chi connectivity index (χ0v) is 15.5. The van der Waals surface area contributed by atoms with E-state index in [4.69, 9.17) is 16.3 Å². The molecule has 1 aromatic rings. The Kier molecular flexibility index (Phi) is 5.53. The number of nitrogens with zero attached hydrogens (tertiary/aromatic N) is 1. The molecule has 1 aliphatic heterocycles. The van der Waals surface area contributed by atoms with E-state index in [1.165, 1.54) is 10.4 Å². The average Bonchev–Trinajstić information content (AvgIpc) is 2.37. The number of benzene rings is 1. The second-order valence-electron chi connectivity index (χ2n) is 4.62. The van der Waals surface area contributed by atoms with Crippen molar-refractivity contribution in [3.63, 3.8) is 0 Å². The summed E-state index contributed by atoms with van der Waals surface area (Å²) in [6, 6.07) is 4.77. The van der Waals surface area contributed by atoms with Crippen molar-refractivity contribution in [2.75, 3.05) is 18.4 Å². The molecule has 1 aliphatic rings. The fourth-order valence-electron chi connectivity index (χ4n) is 2.11. The molecule has 1 saturated heterocycles. The summed E-state index contributed by atoms with van der Waals surface area (Å²) in [5.74, 6) is 0. The third kappa shape index (κ3) is 3.56. The van der Waals surface area contributed by atoms with E-state index in [0.29, 0.717) is 18.4 Å². The first-order valence-electron chi connectivity index (χ1n) is 6.01. The van der Waals surface area contributed by atoms with Crippen molar-refractivity contribution in [2.45, 2.75) is 24.0 Å². The predicted octanol–water partition coefficient (Wildman–Crippen LogP) is 3.28. The van der Waals surface area contributed by atoms with E-state index < -0.39 is 10.0 Å². The predicted molar refractivity (Wildman–Crippen MR) is 86.0 cm³/mol. The normalized spacial score (nSPS) is 24.8. The highest BCUT2D eigenvalue weighted by Crippen LogP contribution is 2.29. The molecule has 0 saturated carbocycles. The highest BCUT2D eigenvalue weighted by molar-refractivity contribution is 9.10. The van der Waals surface area contributed by atoms with Gasteiger partial charge in [0.05, 0.1) is 17.2 Å². The molecule has 0 spiro atoms. The second-order valence-corrected chi connectivity index (χ2v) is 8.50. The lowest BCUT2D eigenvalue weighted by molar-refractivity contribution is -0.0411. The Morgan fingerprint density at radius 2 is 2.15 bits per heavy atom. The third-order valence-electron chi connectivity index (χ3n) is 2.98. The number of morpholine rings is 1. The summed E-state index contributed by atoms with van der Waals surface area (Å²) in [6.07, 6.45) is -0.293. The van der Waals surface area contributed by atoms with Gasteiger partial charge in [-0.3, -0.25) is 0 Å². The summed E-state index contributed by atoms with van der Waals surface area (Å²) in [6.45, 7) is 2.52. The van der Waals surface area contributed by atoms with Crippen LogP contribution in [0.25, 0.3) is 0 Å². The van der Waals surface area contributed by atoms with Crippen LogP contribution in [0.4, 0.5) is 0 Å². The number of alkyl halides is 1. The summed E-state index contributed by atoms with van der Waals surface area (Å²) in [7, 11) is -3.61. The summed E-state index contributed by atoms with van der Waals surface area (Å²) in [4.78, 5) is 0.129. The fraction of sp³-hybridized carbons (Fsp3) is 0.500. The van der Waals surface area contributed by atoms with E-state index in [-0.39, 0.29) is 22.1 Å². The maximum absolute atomic E-state index is 12.7. The first kappa shape index (κ1) is 16.7. The maximum atomic E-state index is 12.7. The molecule has 8 heteroatoms. The molecule has 0 aromatic heterocycles. The van der Waals surface area contributed by atoms with Crippen LogP contribution in [0.2, 0.25) is 5.02 Å². The standard InChI is InChI=1S/C12H14Br2ClNO3S/c1-8-6-16(7-10(5-13)19-8)20(17,18)12-3-2-9(14)4-11(12)15/h2-4,8,10H,5-7H2,1H3. The van der Waals surface area contributed by atoms with Gasteiger partial charge in [0, 0.05) is 22.9 Å². The van der Waals surface area contributed by atoms with Gasteiger partial charge in [0.2, 0.25) is 10.0 Å². The Labute approximate surface area is 140 Å². The van der Waals surface area contributed by atoms with Gasteiger partial charge in [-0.1, -0.05) is 43.5 Å². The zero-order chi connectivity index (χ0) is 14.9. The Balaban J connectivity index is 2.34. The van der Waals surface area contributed by atoms with Crippen LogP contribution in [-0.4, -0.2) is 43.4 Å². The number of ether oxygens (including phenoxy) is 1. The van der Waals surface area contributed by atoms with Gasteiger partial charge >= 0.3 is 0 Å². The lowest BCUT2D eigenvalue weighted by Crippen LogP contribution is -2.49. The quantitative estimate of drug-likeness (QED) is 0.668. The van der Waals surface area contributed by atoms with Crippen LogP contribution >= 0.6 is 43.5 Å². The molecule has 4 nitrogen and oxygen atoms in total. The van der Waals surface area contributed by atoms with Gasteiger partial charge < -0.3 is 4.74 Å². The first-order chi connectivity index (χ1) is 9.34. The van der Waals surface area contributed by atoms with Crippen molar-refractivity contribution in [2.24, 2.45) is 0 Å². The van der Waals surface area contributed by atoms with Crippen molar-refractivity contribution in [3.05, 3.63) is 27.7 Å². The minimum atomic E-state index is -3.61. The van der Waals surface area contributed by atoms with Crippen molar-refractivity contribution in [1.29, 1.82) is 0 Å². The molecule has 0 bridgehead atoms. The van der Waals surface area contributed by atoms with E-state index >= 15 is 0 Å². The van der Waals surface area contributed by atoms with Crippen LogP contribution in [0, 0.1) is 0 Å². The Bertz CT molecular complexity index is 596. The van der Waals surface area contributed by atoms with Crippen LogP contribution < -0.4 is 0 Å². The minimum Gasteiger partial charge on any atom is -0.372 e. The molecular weight excluding hydrogens is 433 g/mol. The van der Waals surface area contributed by atoms with Gasteiger partial charge in [0.1, 0.15) is 4.90 Å². The lowest BCUT2D eigenvalue weighted by Gasteiger charge is -2.35. The molecule has 0 amide bonds. The fourth-order valence-corrected chi connectivity index (χ4v) is 5.02. The molecule has 0 radical (unpaired) electrons. The van der Waals surface area contributed by atoms with Crippen LogP contribution in [0.1, 0.15) is 6.92 Å². The summed E-state index contributed by atoms with van der Waals surface area (Å²) in [5.41, 5.74) is 0. The topological polar surface area (TPSA) is 46.6 Å². The Hall–Kier alpha value is 0.340. The summed E-state index contributed by atoms with van der Waals surface area (Å²) >= 11 is 12.7. The Morgan fingerprint density at radius 1 is 1.45 bits per heavy atom. The number of hydrogen-bond acceptors (Lipinski definition) is 3. The minimum absolute atomic E-state index is 0.129. The summed E-state index contributed by atoms with van der Waals surface area (Å²) < 4.78 is 33.2. The van der Waals surface area contributed by atoms with E-state index in [1.807, 2.05) is 6.92 Å². The van der Waals surface area contributed by atoms with Crippen LogP contribution in [0.3, 0.4) is 0 Å². The van der Waals surface area contributed by atoms with Crippen LogP contribution in [-0.2, 0) is 14.8 Å². The third-order valence-corrected chi connectivity index (χ3v) is 6.51. The van der Waals surface area contributed by atoms with E-state index in [1.54, 1.807) is 12.1 Å². The second kappa shape index (κ2) is 6.62. The van der Waals surface area contributed by atoms with Crippen LogP contribution in [0.15, 0.2) is 27.6 Å². The van der Waals surface area contributed by atoms with Gasteiger partial charge in [0.25, 0.3) is 0 Å². The van der Waals surface area contributed by atoms with E-state index in [0.717, 1.165) is 4.47 Å². The number of halogens is 3. The first-order valence-corrected chi connectivity index (χ1v) is 9.74. The van der Waals surface area contributed by atoms with Gasteiger partial charge in [-0.2, -0.15) is 4.31 Å². The largest absolute Gasteiger partial charge is 0.372 e. The average molecular weight is 448 g/mol. The molecule has 1 fully saturated rings. The van der Waals surface area contributed by atoms with Crippen molar-refractivity contribution in [1.82, 2.24) is 4.31 Å². The molecule has 1 heterocycles. The smallest absolute Gasteiger partial charge is 0.244 e. The maximum Gasteiger partial charge on any atom is 0.244 e. The molecule has 0 aliphatic carbocycles. The number of sulfonamides is 1. The number of hydrogen-bond donors (Lipinski definition) is 0. The van der Waals surface area contributed by atoms with E-state index in [2.05, 4.69) is 31.9 Å². The highest BCUT2D eigenvalue weighted by atomic mass is 79.9. The van der Waals surface area contributed by atoms with Gasteiger partial charge in [-0.25, -0.2) is 8.42 Å². The number of rotatable bonds is 3. The van der Waals surface area contributed by atoms with Crippen molar-refractivity contribution >= 4 is 53.5 Å². The van der Waals surface area contributed by atoms with E-state index in [9.17, 15) is 8.42 Å². The molecule has 112 valence electrons.